The number of dihydropyridines is 1. The second-order valence-corrected chi connectivity index (χ2v) is 8.37. The molecule has 146 valence electrons. The molecule has 2 atom stereocenters. The van der Waals surface area contributed by atoms with Crippen LogP contribution in [0.25, 0.3) is 0 Å². The lowest BCUT2D eigenvalue weighted by molar-refractivity contribution is -0.116. The molecule has 4 rings (SSSR count). The van der Waals surface area contributed by atoms with Crippen LogP contribution in [0, 0.1) is 11.3 Å². The van der Waals surface area contributed by atoms with Gasteiger partial charge in [0, 0.05) is 27.9 Å². The first-order chi connectivity index (χ1) is 14.0. The Labute approximate surface area is 179 Å². The molecule has 0 fully saturated rings. The number of benzene rings is 2. The second-order valence-electron chi connectivity index (χ2n) is 7.45. The number of hydrogen-bond donors (Lipinski definition) is 1. The SMILES string of the molecule is COc1ccc([C@@H]2CC(=O)C3=C(C2)NC(C)=C(C#N)[C@H]3c2ccc(Br)cc2)cc1. The summed E-state index contributed by atoms with van der Waals surface area (Å²) in [6.45, 7) is 1.91. The van der Waals surface area contributed by atoms with Gasteiger partial charge in [-0.2, -0.15) is 5.26 Å². The minimum absolute atomic E-state index is 0.104. The van der Waals surface area contributed by atoms with Gasteiger partial charge in [-0.25, -0.2) is 0 Å². The van der Waals surface area contributed by atoms with Gasteiger partial charge in [0.2, 0.25) is 0 Å². The molecule has 0 spiro atoms. The molecule has 0 bridgehead atoms. The second kappa shape index (κ2) is 7.88. The van der Waals surface area contributed by atoms with E-state index >= 15 is 0 Å². The molecule has 29 heavy (non-hydrogen) atoms. The fourth-order valence-electron chi connectivity index (χ4n) is 4.29. The smallest absolute Gasteiger partial charge is 0.162 e. The highest BCUT2D eigenvalue weighted by molar-refractivity contribution is 9.10. The molecule has 0 aromatic heterocycles. The summed E-state index contributed by atoms with van der Waals surface area (Å²) in [6.07, 6.45) is 1.19. The van der Waals surface area contributed by atoms with E-state index in [4.69, 9.17) is 4.74 Å². The number of carbonyl (C=O) groups excluding carboxylic acids is 1. The number of rotatable bonds is 3. The number of ether oxygens (including phenoxy) is 1. The fourth-order valence-corrected chi connectivity index (χ4v) is 4.55. The van der Waals surface area contributed by atoms with Crippen molar-refractivity contribution >= 4 is 21.7 Å². The van der Waals surface area contributed by atoms with Gasteiger partial charge in [-0.15, -0.1) is 0 Å². The van der Waals surface area contributed by atoms with E-state index in [9.17, 15) is 10.1 Å². The first-order valence-corrected chi connectivity index (χ1v) is 10.3. The molecule has 5 heteroatoms. The molecule has 1 aliphatic heterocycles. The molecule has 2 aromatic carbocycles. The maximum atomic E-state index is 13.3. The average molecular weight is 449 g/mol. The standard InChI is InChI=1S/C24H21BrN2O2/c1-14-20(13-26)23(16-3-7-18(25)8-4-16)24-21(27-14)11-17(12-22(24)28)15-5-9-19(29-2)10-6-15/h3-10,17,23,27H,11-12H2,1-2H3/t17-,23+/m0/s1. The van der Waals surface area contributed by atoms with Gasteiger partial charge in [0.15, 0.2) is 5.78 Å². The van der Waals surface area contributed by atoms with Crippen LogP contribution in [0.15, 0.2) is 75.5 Å². The van der Waals surface area contributed by atoms with Crippen LogP contribution >= 0.6 is 15.9 Å². The Bertz CT molecular complexity index is 1060. The molecule has 0 unspecified atom stereocenters. The summed E-state index contributed by atoms with van der Waals surface area (Å²) in [7, 11) is 1.65. The Morgan fingerprint density at radius 2 is 1.72 bits per heavy atom. The molecule has 1 aliphatic carbocycles. The monoisotopic (exact) mass is 448 g/mol. The highest BCUT2D eigenvalue weighted by Crippen LogP contribution is 2.45. The lowest BCUT2D eigenvalue weighted by Crippen LogP contribution is -2.33. The molecule has 1 N–H and O–H groups in total. The van der Waals surface area contributed by atoms with Crippen LogP contribution in [0.4, 0.5) is 0 Å². The third kappa shape index (κ3) is 3.61. The van der Waals surface area contributed by atoms with E-state index in [1.807, 2.05) is 55.5 Å². The van der Waals surface area contributed by atoms with E-state index in [1.54, 1.807) is 7.11 Å². The highest BCUT2D eigenvalue weighted by atomic mass is 79.9. The summed E-state index contributed by atoms with van der Waals surface area (Å²) < 4.78 is 6.21. The summed E-state index contributed by atoms with van der Waals surface area (Å²) >= 11 is 3.46. The van der Waals surface area contributed by atoms with Crippen LogP contribution < -0.4 is 10.1 Å². The van der Waals surface area contributed by atoms with Gasteiger partial charge < -0.3 is 10.1 Å². The Morgan fingerprint density at radius 1 is 1.07 bits per heavy atom. The third-order valence-electron chi connectivity index (χ3n) is 5.74. The molecule has 0 amide bonds. The average Bonchev–Trinajstić information content (AvgIpc) is 2.73. The molecular weight excluding hydrogens is 428 g/mol. The Balaban J connectivity index is 1.74. The van der Waals surface area contributed by atoms with Gasteiger partial charge in [-0.05, 0) is 54.7 Å². The summed E-state index contributed by atoms with van der Waals surface area (Å²) in [4.78, 5) is 13.3. The van der Waals surface area contributed by atoms with Crippen molar-refractivity contribution in [1.29, 1.82) is 5.26 Å². The highest BCUT2D eigenvalue weighted by Gasteiger charge is 2.38. The Morgan fingerprint density at radius 3 is 2.34 bits per heavy atom. The third-order valence-corrected chi connectivity index (χ3v) is 6.27. The fraction of sp³-hybridized carbons (Fsp3) is 0.250. The number of hydrogen-bond acceptors (Lipinski definition) is 4. The first-order valence-electron chi connectivity index (χ1n) is 9.55. The van der Waals surface area contributed by atoms with E-state index < -0.39 is 0 Å². The van der Waals surface area contributed by atoms with Crippen molar-refractivity contribution in [2.75, 3.05) is 7.11 Å². The van der Waals surface area contributed by atoms with Crippen molar-refractivity contribution < 1.29 is 9.53 Å². The molecule has 0 saturated heterocycles. The number of nitrogens with one attached hydrogen (secondary N) is 1. The van der Waals surface area contributed by atoms with E-state index in [1.165, 1.54) is 0 Å². The van der Waals surface area contributed by atoms with Crippen molar-refractivity contribution in [3.63, 3.8) is 0 Å². The molecule has 1 heterocycles. The first kappa shape index (κ1) is 19.5. The van der Waals surface area contributed by atoms with Crippen LogP contribution in [-0.4, -0.2) is 12.9 Å². The van der Waals surface area contributed by atoms with Crippen LogP contribution in [0.5, 0.6) is 5.75 Å². The van der Waals surface area contributed by atoms with Gasteiger partial charge >= 0.3 is 0 Å². The zero-order chi connectivity index (χ0) is 20.5. The van der Waals surface area contributed by atoms with Crippen molar-refractivity contribution in [2.45, 2.75) is 31.6 Å². The lowest BCUT2D eigenvalue weighted by Gasteiger charge is -2.35. The van der Waals surface area contributed by atoms with Crippen molar-refractivity contribution in [2.24, 2.45) is 0 Å². The minimum Gasteiger partial charge on any atom is -0.497 e. The van der Waals surface area contributed by atoms with Crippen molar-refractivity contribution in [3.05, 3.63) is 86.7 Å². The van der Waals surface area contributed by atoms with Gasteiger partial charge in [0.1, 0.15) is 5.75 Å². The quantitative estimate of drug-likeness (QED) is 0.687. The van der Waals surface area contributed by atoms with E-state index in [2.05, 4.69) is 27.3 Å². The molecule has 0 radical (unpaired) electrons. The summed E-state index contributed by atoms with van der Waals surface area (Å²) in [5.41, 5.74) is 5.20. The Kier molecular flexibility index (Phi) is 5.29. The number of halogens is 1. The number of nitrogens with zero attached hydrogens (tertiary/aromatic N) is 1. The maximum Gasteiger partial charge on any atom is 0.162 e. The number of ketones is 1. The molecular formula is C24H21BrN2O2. The minimum atomic E-state index is -0.311. The normalized spacial score (nSPS) is 21.4. The van der Waals surface area contributed by atoms with E-state index in [0.717, 1.165) is 44.7 Å². The molecule has 0 saturated carbocycles. The number of methoxy groups -OCH3 is 1. The lowest BCUT2D eigenvalue weighted by atomic mass is 9.72. The largest absolute Gasteiger partial charge is 0.497 e. The molecule has 2 aliphatic rings. The van der Waals surface area contributed by atoms with Crippen molar-refractivity contribution in [1.82, 2.24) is 5.32 Å². The Hall–Kier alpha value is -2.84. The van der Waals surface area contributed by atoms with Crippen molar-refractivity contribution in [3.8, 4) is 11.8 Å². The maximum absolute atomic E-state index is 13.3. The summed E-state index contributed by atoms with van der Waals surface area (Å²) in [6, 6.07) is 18.1. The molecule has 4 nitrogen and oxygen atoms in total. The zero-order valence-corrected chi connectivity index (χ0v) is 17.9. The predicted molar refractivity (Wildman–Crippen MR) is 115 cm³/mol. The summed E-state index contributed by atoms with van der Waals surface area (Å²) in [5, 5.41) is 13.2. The van der Waals surface area contributed by atoms with Gasteiger partial charge in [0.25, 0.3) is 0 Å². The van der Waals surface area contributed by atoms with Crippen LogP contribution in [0.2, 0.25) is 0 Å². The van der Waals surface area contributed by atoms with Crippen LogP contribution in [0.3, 0.4) is 0 Å². The number of allylic oxidation sites excluding steroid dienone is 4. The van der Waals surface area contributed by atoms with Gasteiger partial charge in [-0.3, -0.25) is 4.79 Å². The topological polar surface area (TPSA) is 62.1 Å². The van der Waals surface area contributed by atoms with Gasteiger partial charge in [0.05, 0.1) is 24.7 Å². The number of Topliss-reactive ketones (excluding diaryl/α,β-unsaturated/α-hetero) is 1. The van der Waals surface area contributed by atoms with E-state index in [-0.39, 0.29) is 17.6 Å². The van der Waals surface area contributed by atoms with Gasteiger partial charge in [-0.1, -0.05) is 40.2 Å². The number of nitriles is 1. The molecule has 2 aromatic rings. The van der Waals surface area contributed by atoms with Crippen LogP contribution in [-0.2, 0) is 4.79 Å². The summed E-state index contributed by atoms with van der Waals surface area (Å²) in [5.74, 6) is 0.711. The zero-order valence-electron chi connectivity index (χ0n) is 16.3. The predicted octanol–water partition coefficient (Wildman–Crippen LogP) is 5.34. The van der Waals surface area contributed by atoms with Crippen LogP contribution in [0.1, 0.15) is 42.7 Å². The van der Waals surface area contributed by atoms with E-state index in [0.29, 0.717) is 12.0 Å². The number of carbonyl (C=O) groups is 1.